The van der Waals surface area contributed by atoms with Gasteiger partial charge in [-0.25, -0.2) is 8.42 Å². The van der Waals surface area contributed by atoms with Crippen molar-refractivity contribution in [3.63, 3.8) is 0 Å². The first-order chi connectivity index (χ1) is 15.5. The Morgan fingerprint density at radius 2 is 1.59 bits per heavy atom. The molecule has 2 aliphatic heterocycles. The molecule has 2 fully saturated rings. The summed E-state index contributed by atoms with van der Waals surface area (Å²) in [4.78, 5) is 15.3. The van der Waals surface area contributed by atoms with Gasteiger partial charge in [0.05, 0.1) is 18.1 Å². The van der Waals surface area contributed by atoms with Gasteiger partial charge in [-0.3, -0.25) is 9.69 Å². The van der Waals surface area contributed by atoms with Crippen molar-refractivity contribution >= 4 is 21.6 Å². The summed E-state index contributed by atoms with van der Waals surface area (Å²) in [6.07, 6.45) is 3.86. The molecule has 2 aliphatic rings. The first-order valence-corrected chi connectivity index (χ1v) is 12.8. The van der Waals surface area contributed by atoms with Crippen LogP contribution in [0.4, 0.5) is 5.69 Å². The number of hydrogen-bond acceptors (Lipinski definition) is 5. The maximum absolute atomic E-state index is 13.1. The number of carbonyl (C=O) groups is 1. The average molecular weight is 458 g/mol. The van der Waals surface area contributed by atoms with Gasteiger partial charge in [0.1, 0.15) is 0 Å². The number of benzene rings is 2. The Morgan fingerprint density at radius 1 is 0.906 bits per heavy atom. The number of anilines is 1. The van der Waals surface area contributed by atoms with E-state index in [0.29, 0.717) is 24.3 Å². The number of hydrogen-bond donors (Lipinski definition) is 1. The summed E-state index contributed by atoms with van der Waals surface area (Å²) < 4.78 is 33.0. The van der Waals surface area contributed by atoms with Crippen LogP contribution in [0.15, 0.2) is 53.4 Å². The van der Waals surface area contributed by atoms with Gasteiger partial charge in [-0.05, 0) is 48.7 Å². The molecule has 2 heterocycles. The van der Waals surface area contributed by atoms with Crippen LogP contribution in [0, 0.1) is 0 Å². The van der Waals surface area contributed by atoms with Crippen LogP contribution < -0.4 is 5.32 Å². The summed E-state index contributed by atoms with van der Waals surface area (Å²) in [7, 11) is -3.59. The van der Waals surface area contributed by atoms with Gasteiger partial charge in [-0.1, -0.05) is 31.0 Å². The molecule has 0 aliphatic carbocycles. The Labute approximate surface area is 190 Å². The number of nitrogens with one attached hydrogen (secondary N) is 1. The first-order valence-electron chi connectivity index (χ1n) is 11.3. The molecule has 32 heavy (non-hydrogen) atoms. The maximum atomic E-state index is 13.1. The number of morpholine rings is 1. The van der Waals surface area contributed by atoms with Gasteiger partial charge >= 0.3 is 0 Å². The zero-order chi connectivity index (χ0) is 22.4. The second kappa shape index (κ2) is 10.6. The summed E-state index contributed by atoms with van der Waals surface area (Å²) in [5.41, 5.74) is 2.19. The largest absolute Gasteiger partial charge is 0.379 e. The van der Waals surface area contributed by atoms with Gasteiger partial charge in [0.15, 0.2) is 0 Å². The Morgan fingerprint density at radius 3 is 2.28 bits per heavy atom. The van der Waals surface area contributed by atoms with Crippen LogP contribution in [0.1, 0.15) is 41.6 Å². The molecular formula is C24H31N3O4S. The molecule has 1 N–H and O–H groups in total. The highest BCUT2D eigenvalue weighted by molar-refractivity contribution is 7.89. The number of sulfonamides is 1. The van der Waals surface area contributed by atoms with Crippen LogP contribution >= 0.6 is 0 Å². The molecule has 0 spiro atoms. The molecule has 4 rings (SSSR count). The molecule has 7 nitrogen and oxygen atoms in total. The summed E-state index contributed by atoms with van der Waals surface area (Å²) in [6.45, 7) is 5.31. The lowest BCUT2D eigenvalue weighted by molar-refractivity contribution is 0.0342. The van der Waals surface area contributed by atoms with Crippen LogP contribution in [0.25, 0.3) is 0 Å². The minimum atomic E-state index is -3.59. The predicted molar refractivity (Wildman–Crippen MR) is 124 cm³/mol. The third-order valence-electron chi connectivity index (χ3n) is 6.02. The minimum Gasteiger partial charge on any atom is -0.379 e. The molecule has 0 atom stereocenters. The third kappa shape index (κ3) is 5.75. The number of rotatable bonds is 6. The lowest BCUT2D eigenvalue weighted by Crippen LogP contribution is -2.35. The molecule has 2 saturated heterocycles. The highest BCUT2D eigenvalue weighted by Gasteiger charge is 2.25. The fraction of sp³-hybridized carbons (Fsp3) is 0.458. The maximum Gasteiger partial charge on any atom is 0.255 e. The predicted octanol–water partition coefficient (Wildman–Crippen LogP) is 3.34. The van der Waals surface area contributed by atoms with E-state index < -0.39 is 10.0 Å². The van der Waals surface area contributed by atoms with Crippen LogP contribution in [-0.2, 0) is 21.3 Å². The smallest absolute Gasteiger partial charge is 0.255 e. The second-order valence-corrected chi connectivity index (χ2v) is 10.3. The summed E-state index contributed by atoms with van der Waals surface area (Å²) in [6, 6.07) is 14.1. The number of nitrogens with zero attached hydrogens (tertiary/aromatic N) is 2. The fourth-order valence-electron chi connectivity index (χ4n) is 4.14. The van der Waals surface area contributed by atoms with E-state index in [1.807, 2.05) is 24.3 Å². The molecular weight excluding hydrogens is 426 g/mol. The van der Waals surface area contributed by atoms with E-state index in [1.54, 1.807) is 22.5 Å². The van der Waals surface area contributed by atoms with Gasteiger partial charge in [0, 0.05) is 44.0 Å². The Balaban J connectivity index is 1.41. The summed E-state index contributed by atoms with van der Waals surface area (Å²) in [5, 5.41) is 2.88. The SMILES string of the molecule is O=C(Nc1ccc(CN2CCOCC2)cc1)c1cccc(S(=O)(=O)N2CCCCCC2)c1. The van der Waals surface area contributed by atoms with Gasteiger partial charge in [0.25, 0.3) is 5.91 Å². The van der Waals surface area contributed by atoms with Gasteiger partial charge in [-0.2, -0.15) is 4.31 Å². The summed E-state index contributed by atoms with van der Waals surface area (Å²) in [5.74, 6) is -0.321. The van der Waals surface area contributed by atoms with E-state index in [9.17, 15) is 13.2 Å². The molecule has 2 aromatic rings. The van der Waals surface area contributed by atoms with E-state index in [2.05, 4.69) is 10.2 Å². The van der Waals surface area contributed by atoms with Crippen molar-refractivity contribution in [2.45, 2.75) is 37.1 Å². The zero-order valence-corrected chi connectivity index (χ0v) is 19.1. The Kier molecular flexibility index (Phi) is 7.57. The van der Waals surface area contributed by atoms with Crippen molar-refractivity contribution in [1.29, 1.82) is 0 Å². The van der Waals surface area contributed by atoms with Crippen molar-refractivity contribution < 1.29 is 17.9 Å². The van der Waals surface area contributed by atoms with Crippen LogP contribution in [0.5, 0.6) is 0 Å². The summed E-state index contributed by atoms with van der Waals surface area (Å²) >= 11 is 0. The van der Waals surface area contributed by atoms with Gasteiger partial charge < -0.3 is 10.1 Å². The van der Waals surface area contributed by atoms with E-state index in [0.717, 1.165) is 58.5 Å². The molecule has 0 unspecified atom stereocenters. The van der Waals surface area contributed by atoms with Crippen molar-refractivity contribution in [3.8, 4) is 0 Å². The Hall–Kier alpha value is -2.26. The lowest BCUT2D eigenvalue weighted by Gasteiger charge is -2.26. The number of ether oxygens (including phenoxy) is 1. The molecule has 0 radical (unpaired) electrons. The van der Waals surface area contributed by atoms with E-state index in [1.165, 1.54) is 11.6 Å². The quantitative estimate of drug-likeness (QED) is 0.720. The number of carbonyl (C=O) groups excluding carboxylic acids is 1. The van der Waals surface area contributed by atoms with Crippen molar-refractivity contribution in [2.24, 2.45) is 0 Å². The normalized spacial score (nSPS) is 18.8. The molecule has 172 valence electrons. The number of amides is 1. The first kappa shape index (κ1) is 22.9. The molecule has 1 amide bonds. The fourth-order valence-corrected chi connectivity index (χ4v) is 5.71. The Bertz CT molecular complexity index is 1010. The average Bonchev–Trinajstić information content (AvgIpc) is 3.11. The van der Waals surface area contributed by atoms with Crippen molar-refractivity contribution in [3.05, 3.63) is 59.7 Å². The third-order valence-corrected chi connectivity index (χ3v) is 7.92. The van der Waals surface area contributed by atoms with E-state index >= 15 is 0 Å². The highest BCUT2D eigenvalue weighted by Crippen LogP contribution is 2.22. The lowest BCUT2D eigenvalue weighted by atomic mass is 10.1. The highest BCUT2D eigenvalue weighted by atomic mass is 32.2. The van der Waals surface area contributed by atoms with Crippen LogP contribution in [-0.4, -0.2) is 62.9 Å². The molecule has 0 saturated carbocycles. The molecule has 8 heteroatoms. The van der Waals surface area contributed by atoms with E-state index in [-0.39, 0.29) is 10.8 Å². The standard InChI is InChI=1S/C24H31N3O4S/c28-24(25-22-10-8-20(9-11-22)19-26-14-16-31-17-15-26)21-6-5-7-23(18-21)32(29,30)27-12-3-1-2-4-13-27/h5-11,18H,1-4,12-17,19H2,(H,25,28). The second-order valence-electron chi connectivity index (χ2n) is 8.39. The van der Waals surface area contributed by atoms with E-state index in [4.69, 9.17) is 4.74 Å². The van der Waals surface area contributed by atoms with Crippen molar-refractivity contribution in [1.82, 2.24) is 9.21 Å². The molecule has 0 aromatic heterocycles. The van der Waals surface area contributed by atoms with Gasteiger partial charge in [-0.15, -0.1) is 0 Å². The minimum absolute atomic E-state index is 0.174. The van der Waals surface area contributed by atoms with Crippen LogP contribution in [0.2, 0.25) is 0 Å². The van der Waals surface area contributed by atoms with Gasteiger partial charge in [0.2, 0.25) is 10.0 Å². The molecule has 0 bridgehead atoms. The topological polar surface area (TPSA) is 79.0 Å². The monoisotopic (exact) mass is 457 g/mol. The molecule has 2 aromatic carbocycles. The van der Waals surface area contributed by atoms with Crippen molar-refractivity contribution in [2.75, 3.05) is 44.7 Å². The van der Waals surface area contributed by atoms with Crippen LogP contribution in [0.3, 0.4) is 0 Å². The zero-order valence-electron chi connectivity index (χ0n) is 18.3.